The Bertz CT molecular complexity index is 705. The van der Waals surface area contributed by atoms with Gasteiger partial charge in [-0.15, -0.1) is 0 Å². The SMILES string of the molecule is Cc1nn(C)cc1NS(=O)(=O)c1ccc(CCCN)cc1. The van der Waals surface area contributed by atoms with Crippen LogP contribution in [0, 0.1) is 6.92 Å². The van der Waals surface area contributed by atoms with Gasteiger partial charge in [-0.3, -0.25) is 9.40 Å². The quantitative estimate of drug-likeness (QED) is 0.844. The van der Waals surface area contributed by atoms with Crippen LogP contribution in [0.1, 0.15) is 17.7 Å². The summed E-state index contributed by atoms with van der Waals surface area (Å²) in [5.41, 5.74) is 7.67. The molecule has 21 heavy (non-hydrogen) atoms. The van der Waals surface area contributed by atoms with E-state index in [1.807, 2.05) is 12.1 Å². The van der Waals surface area contributed by atoms with Crippen LogP contribution in [-0.4, -0.2) is 24.7 Å². The summed E-state index contributed by atoms with van der Waals surface area (Å²) >= 11 is 0. The second-order valence-corrected chi connectivity index (χ2v) is 6.63. The first kappa shape index (κ1) is 15.5. The maximum atomic E-state index is 12.3. The average Bonchev–Trinajstić information content (AvgIpc) is 2.74. The van der Waals surface area contributed by atoms with Crippen molar-refractivity contribution >= 4 is 15.7 Å². The van der Waals surface area contributed by atoms with E-state index < -0.39 is 10.0 Å². The Morgan fingerprint density at radius 2 is 1.95 bits per heavy atom. The number of benzene rings is 1. The van der Waals surface area contributed by atoms with Crippen LogP contribution in [0.5, 0.6) is 0 Å². The molecular weight excluding hydrogens is 288 g/mol. The number of sulfonamides is 1. The van der Waals surface area contributed by atoms with Gasteiger partial charge in [-0.2, -0.15) is 5.10 Å². The fourth-order valence-corrected chi connectivity index (χ4v) is 3.15. The van der Waals surface area contributed by atoms with Crippen LogP contribution in [0.25, 0.3) is 0 Å². The summed E-state index contributed by atoms with van der Waals surface area (Å²) in [4.78, 5) is 0.238. The zero-order valence-electron chi connectivity index (χ0n) is 12.2. The van der Waals surface area contributed by atoms with Crippen LogP contribution in [-0.2, 0) is 23.5 Å². The number of rotatable bonds is 6. The minimum atomic E-state index is -3.59. The van der Waals surface area contributed by atoms with Crippen molar-refractivity contribution in [2.75, 3.05) is 11.3 Å². The van der Waals surface area contributed by atoms with Gasteiger partial charge in [-0.25, -0.2) is 8.42 Å². The van der Waals surface area contributed by atoms with Gasteiger partial charge in [0.1, 0.15) is 0 Å². The molecule has 2 rings (SSSR count). The lowest BCUT2D eigenvalue weighted by atomic mass is 10.1. The fourth-order valence-electron chi connectivity index (χ4n) is 2.04. The van der Waals surface area contributed by atoms with E-state index in [2.05, 4.69) is 9.82 Å². The van der Waals surface area contributed by atoms with E-state index in [-0.39, 0.29) is 4.90 Å². The molecule has 0 saturated heterocycles. The number of nitrogens with one attached hydrogen (secondary N) is 1. The number of nitrogens with two attached hydrogens (primary N) is 1. The molecule has 7 heteroatoms. The van der Waals surface area contributed by atoms with Crippen molar-refractivity contribution in [3.05, 3.63) is 41.7 Å². The third-order valence-corrected chi connectivity index (χ3v) is 4.54. The van der Waals surface area contributed by atoms with Crippen molar-refractivity contribution in [2.45, 2.75) is 24.7 Å². The molecule has 0 aliphatic carbocycles. The third kappa shape index (κ3) is 3.83. The Hall–Kier alpha value is -1.86. The monoisotopic (exact) mass is 308 g/mol. The summed E-state index contributed by atoms with van der Waals surface area (Å²) in [6.07, 6.45) is 3.38. The van der Waals surface area contributed by atoms with Crippen molar-refractivity contribution in [1.82, 2.24) is 9.78 Å². The number of nitrogens with zero attached hydrogens (tertiary/aromatic N) is 2. The highest BCUT2D eigenvalue weighted by Crippen LogP contribution is 2.19. The van der Waals surface area contributed by atoms with Gasteiger partial charge in [0, 0.05) is 13.2 Å². The highest BCUT2D eigenvalue weighted by molar-refractivity contribution is 7.92. The Morgan fingerprint density at radius 1 is 1.29 bits per heavy atom. The van der Waals surface area contributed by atoms with E-state index in [1.165, 1.54) is 0 Å². The van der Waals surface area contributed by atoms with E-state index in [4.69, 9.17) is 5.73 Å². The second-order valence-electron chi connectivity index (χ2n) is 4.94. The molecule has 114 valence electrons. The summed E-state index contributed by atoms with van der Waals surface area (Å²) in [5.74, 6) is 0. The normalized spacial score (nSPS) is 11.6. The number of aromatic nitrogens is 2. The molecule has 0 saturated carbocycles. The van der Waals surface area contributed by atoms with Crippen LogP contribution >= 0.6 is 0 Å². The molecular formula is C14H20N4O2S. The average molecular weight is 308 g/mol. The molecule has 0 fully saturated rings. The third-order valence-electron chi connectivity index (χ3n) is 3.16. The molecule has 0 spiro atoms. The van der Waals surface area contributed by atoms with Gasteiger partial charge in [0.2, 0.25) is 0 Å². The van der Waals surface area contributed by atoms with Crippen molar-refractivity contribution in [2.24, 2.45) is 12.8 Å². The molecule has 1 aromatic heterocycles. The summed E-state index contributed by atoms with van der Waals surface area (Å²) in [6, 6.07) is 6.86. The van der Waals surface area contributed by atoms with Crippen LogP contribution in [0.15, 0.2) is 35.4 Å². The summed E-state index contributed by atoms with van der Waals surface area (Å²) in [7, 11) is -1.84. The molecule has 0 radical (unpaired) electrons. The standard InChI is InChI=1S/C14H20N4O2S/c1-11-14(10-18(2)16-11)17-21(19,20)13-7-5-12(6-8-13)4-3-9-15/h5-8,10,17H,3-4,9,15H2,1-2H3. The number of anilines is 1. The predicted molar refractivity (Wildman–Crippen MR) is 82.6 cm³/mol. The first-order valence-corrected chi connectivity index (χ1v) is 8.23. The molecule has 6 nitrogen and oxygen atoms in total. The van der Waals surface area contributed by atoms with Crippen molar-refractivity contribution in [3.63, 3.8) is 0 Å². The lowest BCUT2D eigenvalue weighted by Crippen LogP contribution is -2.13. The van der Waals surface area contributed by atoms with Gasteiger partial charge < -0.3 is 5.73 Å². The number of hydrogen-bond acceptors (Lipinski definition) is 4. The maximum absolute atomic E-state index is 12.3. The van der Waals surface area contributed by atoms with Crippen LogP contribution < -0.4 is 10.5 Å². The van der Waals surface area contributed by atoms with Gasteiger partial charge in [-0.1, -0.05) is 12.1 Å². The molecule has 3 N–H and O–H groups in total. The maximum Gasteiger partial charge on any atom is 0.262 e. The molecule has 0 aliphatic rings. The Balaban J connectivity index is 2.17. The summed E-state index contributed by atoms with van der Waals surface area (Å²) < 4.78 is 28.8. The van der Waals surface area contributed by atoms with E-state index in [1.54, 1.807) is 37.0 Å². The molecule has 0 aliphatic heterocycles. The van der Waals surface area contributed by atoms with Gasteiger partial charge in [0.15, 0.2) is 0 Å². The lowest BCUT2D eigenvalue weighted by Gasteiger charge is -2.07. The van der Waals surface area contributed by atoms with E-state index in [9.17, 15) is 8.42 Å². The molecule has 0 unspecified atom stereocenters. The van der Waals surface area contributed by atoms with Gasteiger partial charge >= 0.3 is 0 Å². The topological polar surface area (TPSA) is 90.0 Å². The molecule has 2 aromatic rings. The van der Waals surface area contributed by atoms with E-state index in [0.717, 1.165) is 18.4 Å². The lowest BCUT2D eigenvalue weighted by molar-refractivity contribution is 0.601. The zero-order valence-corrected chi connectivity index (χ0v) is 13.0. The predicted octanol–water partition coefficient (Wildman–Crippen LogP) is 1.42. The van der Waals surface area contributed by atoms with Crippen molar-refractivity contribution in [3.8, 4) is 0 Å². The zero-order chi connectivity index (χ0) is 15.5. The highest BCUT2D eigenvalue weighted by Gasteiger charge is 2.16. The second kappa shape index (κ2) is 6.28. The van der Waals surface area contributed by atoms with Gasteiger partial charge in [-0.05, 0) is 44.0 Å². The smallest absolute Gasteiger partial charge is 0.262 e. The highest BCUT2D eigenvalue weighted by atomic mass is 32.2. The molecule has 0 amide bonds. The van der Waals surface area contributed by atoms with E-state index in [0.29, 0.717) is 17.9 Å². The van der Waals surface area contributed by atoms with Crippen LogP contribution in [0.3, 0.4) is 0 Å². The fraction of sp³-hybridized carbons (Fsp3) is 0.357. The molecule has 1 heterocycles. The first-order chi connectivity index (χ1) is 9.92. The summed E-state index contributed by atoms with van der Waals surface area (Å²) in [6.45, 7) is 2.38. The van der Waals surface area contributed by atoms with E-state index >= 15 is 0 Å². The minimum Gasteiger partial charge on any atom is -0.330 e. The largest absolute Gasteiger partial charge is 0.330 e. The van der Waals surface area contributed by atoms with Crippen LogP contribution in [0.4, 0.5) is 5.69 Å². The van der Waals surface area contributed by atoms with Crippen molar-refractivity contribution in [1.29, 1.82) is 0 Å². The number of aryl methyl sites for hydroxylation is 3. The Labute approximate surface area is 125 Å². The Kier molecular flexibility index (Phi) is 4.64. The van der Waals surface area contributed by atoms with Crippen molar-refractivity contribution < 1.29 is 8.42 Å². The van der Waals surface area contributed by atoms with Gasteiger partial charge in [0.05, 0.1) is 16.3 Å². The first-order valence-electron chi connectivity index (χ1n) is 6.74. The van der Waals surface area contributed by atoms with Gasteiger partial charge in [0.25, 0.3) is 10.0 Å². The number of hydrogen-bond donors (Lipinski definition) is 2. The van der Waals surface area contributed by atoms with Crippen LogP contribution in [0.2, 0.25) is 0 Å². The molecule has 0 bridgehead atoms. The minimum absolute atomic E-state index is 0.238. The molecule has 0 atom stereocenters. The summed E-state index contributed by atoms with van der Waals surface area (Å²) in [5, 5.41) is 4.11. The molecule has 1 aromatic carbocycles. The Morgan fingerprint density at radius 3 is 2.48 bits per heavy atom.